The van der Waals surface area contributed by atoms with Gasteiger partial charge in [0.15, 0.2) is 0 Å². The van der Waals surface area contributed by atoms with E-state index in [1.807, 2.05) is 58.2 Å². The Kier molecular flexibility index (Phi) is 15.3. The van der Waals surface area contributed by atoms with Gasteiger partial charge in [-0.2, -0.15) is 0 Å². The van der Waals surface area contributed by atoms with E-state index >= 15 is 0 Å². The summed E-state index contributed by atoms with van der Waals surface area (Å²) in [5.74, 6) is 0. The van der Waals surface area contributed by atoms with Crippen LogP contribution in [0.3, 0.4) is 0 Å². The molecule has 0 amide bonds. The number of rotatable bonds is 19. The summed E-state index contributed by atoms with van der Waals surface area (Å²) >= 11 is 0. The standard InChI is InChI=1S/C28H44N2O2S4/c1-23(33-35-25-15-7-9-19-29-25)13-11-17-27(3,4)32-22-18-28(5,6)31-21-12-14-24(2)34-36-26-16-8-10-20-30-26/h7-10,15-16,19-20,23-24H,11-14,17-18,21-22H2,1-6H3. The molecule has 2 unspecified atom stereocenters. The number of nitrogens with zero attached hydrogens (tertiary/aromatic N) is 2. The molecule has 0 spiro atoms. The van der Waals surface area contributed by atoms with Crippen LogP contribution < -0.4 is 0 Å². The molecule has 0 aliphatic rings. The van der Waals surface area contributed by atoms with Gasteiger partial charge in [0.25, 0.3) is 0 Å². The van der Waals surface area contributed by atoms with Crippen molar-refractivity contribution in [1.29, 1.82) is 0 Å². The van der Waals surface area contributed by atoms with Crippen LogP contribution in [0.5, 0.6) is 0 Å². The van der Waals surface area contributed by atoms with E-state index in [0.717, 1.165) is 48.9 Å². The van der Waals surface area contributed by atoms with Crippen LogP contribution in [0.1, 0.15) is 80.1 Å². The van der Waals surface area contributed by atoms with Crippen molar-refractivity contribution in [1.82, 2.24) is 9.97 Å². The summed E-state index contributed by atoms with van der Waals surface area (Å²) in [6.45, 7) is 14.9. The zero-order valence-electron chi connectivity index (χ0n) is 22.8. The molecule has 0 aliphatic heterocycles. The summed E-state index contributed by atoms with van der Waals surface area (Å²) in [5, 5.41) is 3.32. The van der Waals surface area contributed by atoms with Gasteiger partial charge in [-0.05, 0) is 112 Å². The Morgan fingerprint density at radius 1 is 0.694 bits per heavy atom. The van der Waals surface area contributed by atoms with Gasteiger partial charge in [-0.15, -0.1) is 0 Å². The minimum atomic E-state index is -0.164. The maximum Gasteiger partial charge on any atom is 0.106 e. The molecule has 36 heavy (non-hydrogen) atoms. The number of hydrogen-bond donors (Lipinski definition) is 0. The van der Waals surface area contributed by atoms with Crippen molar-refractivity contribution in [3.63, 3.8) is 0 Å². The highest BCUT2D eigenvalue weighted by Crippen LogP contribution is 2.36. The lowest BCUT2D eigenvalue weighted by Gasteiger charge is -2.30. The number of hydrogen-bond acceptors (Lipinski definition) is 8. The van der Waals surface area contributed by atoms with Gasteiger partial charge in [0.05, 0.1) is 17.8 Å². The maximum atomic E-state index is 6.28. The Morgan fingerprint density at radius 2 is 1.19 bits per heavy atom. The quantitative estimate of drug-likeness (QED) is 0.123. The van der Waals surface area contributed by atoms with Crippen LogP contribution in [0.15, 0.2) is 58.8 Å². The van der Waals surface area contributed by atoms with Crippen LogP contribution in [0.25, 0.3) is 0 Å². The SMILES string of the molecule is CC(CCCOC(C)(C)CCOC(C)(C)CCCC(C)SSc1ccccn1)SSc1ccccn1. The molecule has 0 aromatic carbocycles. The van der Waals surface area contributed by atoms with E-state index in [0.29, 0.717) is 10.5 Å². The van der Waals surface area contributed by atoms with Crippen LogP contribution in [-0.2, 0) is 9.47 Å². The Balaban J connectivity index is 1.52. The van der Waals surface area contributed by atoms with Gasteiger partial charge >= 0.3 is 0 Å². The predicted octanol–water partition coefficient (Wildman–Crippen LogP) is 9.37. The Hall–Kier alpha value is -0.380. The summed E-state index contributed by atoms with van der Waals surface area (Å²) < 4.78 is 12.5. The molecule has 0 aliphatic carbocycles. The van der Waals surface area contributed by atoms with Crippen molar-refractivity contribution < 1.29 is 9.47 Å². The highest BCUT2D eigenvalue weighted by atomic mass is 33.1. The molecule has 202 valence electrons. The van der Waals surface area contributed by atoms with E-state index in [4.69, 9.17) is 9.47 Å². The Bertz CT molecular complexity index is 825. The third-order valence-corrected chi connectivity index (χ3v) is 11.4. The molecular weight excluding hydrogens is 525 g/mol. The highest BCUT2D eigenvalue weighted by Gasteiger charge is 2.23. The first-order chi connectivity index (χ1) is 17.2. The van der Waals surface area contributed by atoms with Crippen molar-refractivity contribution in [3.05, 3.63) is 48.8 Å². The third kappa shape index (κ3) is 15.1. The van der Waals surface area contributed by atoms with Crippen molar-refractivity contribution in [2.45, 2.75) is 112 Å². The molecule has 2 aromatic rings. The molecule has 0 fully saturated rings. The molecular formula is C28H44N2O2S4. The molecule has 2 atom stereocenters. The van der Waals surface area contributed by atoms with Crippen molar-refractivity contribution in [2.24, 2.45) is 0 Å². The Morgan fingerprint density at radius 3 is 1.72 bits per heavy atom. The lowest BCUT2D eigenvalue weighted by atomic mass is 10.00. The molecule has 0 radical (unpaired) electrons. The minimum Gasteiger partial charge on any atom is -0.375 e. The average molecular weight is 569 g/mol. The lowest BCUT2D eigenvalue weighted by Crippen LogP contribution is -2.31. The van der Waals surface area contributed by atoms with Gasteiger partial charge in [0, 0.05) is 29.5 Å². The topological polar surface area (TPSA) is 44.2 Å². The average Bonchev–Trinajstić information content (AvgIpc) is 2.85. The van der Waals surface area contributed by atoms with E-state index < -0.39 is 0 Å². The van der Waals surface area contributed by atoms with E-state index in [1.54, 1.807) is 21.6 Å². The molecule has 2 heterocycles. The number of aromatic nitrogens is 2. The van der Waals surface area contributed by atoms with Gasteiger partial charge < -0.3 is 9.47 Å². The number of ether oxygens (including phenoxy) is 2. The van der Waals surface area contributed by atoms with E-state index in [2.05, 4.69) is 63.6 Å². The van der Waals surface area contributed by atoms with E-state index in [9.17, 15) is 0 Å². The van der Waals surface area contributed by atoms with Gasteiger partial charge in [-0.1, -0.05) is 47.6 Å². The normalized spacial score (nSPS) is 14.1. The summed E-state index contributed by atoms with van der Waals surface area (Å²) in [4.78, 5) is 8.75. The van der Waals surface area contributed by atoms with Crippen LogP contribution in [0.2, 0.25) is 0 Å². The van der Waals surface area contributed by atoms with Crippen molar-refractivity contribution in [3.8, 4) is 0 Å². The van der Waals surface area contributed by atoms with Gasteiger partial charge in [0.1, 0.15) is 10.1 Å². The van der Waals surface area contributed by atoms with Crippen LogP contribution in [0, 0.1) is 0 Å². The lowest BCUT2D eigenvalue weighted by molar-refractivity contribution is -0.0753. The molecule has 0 saturated heterocycles. The molecule has 2 rings (SSSR count). The zero-order chi connectivity index (χ0) is 26.3. The second-order valence-electron chi connectivity index (χ2n) is 10.3. The molecule has 0 saturated carbocycles. The molecule has 2 aromatic heterocycles. The minimum absolute atomic E-state index is 0.105. The van der Waals surface area contributed by atoms with Crippen LogP contribution >= 0.6 is 43.2 Å². The Labute approximate surface area is 235 Å². The van der Waals surface area contributed by atoms with Gasteiger partial charge in [-0.3, -0.25) is 0 Å². The fraction of sp³-hybridized carbons (Fsp3) is 0.643. The second kappa shape index (κ2) is 17.3. The first kappa shape index (κ1) is 31.8. The van der Waals surface area contributed by atoms with E-state index in [-0.39, 0.29) is 11.2 Å². The third-order valence-electron chi connectivity index (χ3n) is 5.71. The van der Waals surface area contributed by atoms with Gasteiger partial charge in [-0.25, -0.2) is 9.97 Å². The van der Waals surface area contributed by atoms with Crippen molar-refractivity contribution in [2.75, 3.05) is 13.2 Å². The molecule has 4 nitrogen and oxygen atoms in total. The zero-order valence-corrected chi connectivity index (χ0v) is 26.0. The van der Waals surface area contributed by atoms with Crippen molar-refractivity contribution >= 4 is 43.2 Å². The fourth-order valence-electron chi connectivity index (χ4n) is 3.40. The summed E-state index contributed by atoms with van der Waals surface area (Å²) in [7, 11) is 7.32. The molecule has 0 bridgehead atoms. The van der Waals surface area contributed by atoms with Crippen LogP contribution in [-0.4, -0.2) is 44.9 Å². The number of pyridine rings is 2. The summed E-state index contributed by atoms with van der Waals surface area (Å²) in [6.07, 6.45) is 10.2. The summed E-state index contributed by atoms with van der Waals surface area (Å²) in [5.41, 5.74) is -0.268. The summed E-state index contributed by atoms with van der Waals surface area (Å²) in [6, 6.07) is 12.1. The first-order valence-corrected chi connectivity index (χ1v) is 17.3. The maximum absolute atomic E-state index is 6.28. The first-order valence-electron chi connectivity index (χ1n) is 12.9. The predicted molar refractivity (Wildman–Crippen MR) is 162 cm³/mol. The van der Waals surface area contributed by atoms with Crippen LogP contribution in [0.4, 0.5) is 0 Å². The highest BCUT2D eigenvalue weighted by molar-refractivity contribution is 8.77. The van der Waals surface area contributed by atoms with E-state index in [1.165, 1.54) is 12.8 Å². The molecule has 8 heteroatoms. The van der Waals surface area contributed by atoms with Gasteiger partial charge in [0.2, 0.25) is 0 Å². The second-order valence-corrected chi connectivity index (χ2v) is 15.6. The smallest absolute Gasteiger partial charge is 0.106 e. The molecule has 0 N–H and O–H groups in total. The monoisotopic (exact) mass is 568 g/mol. The largest absolute Gasteiger partial charge is 0.375 e. The fourth-order valence-corrected chi connectivity index (χ4v) is 7.68.